The van der Waals surface area contributed by atoms with Gasteiger partial charge in [0.05, 0.1) is 21.8 Å². The Bertz CT molecular complexity index is 930. The molecular weight excluding hydrogens is 377 g/mol. The van der Waals surface area contributed by atoms with Crippen molar-refractivity contribution in [3.05, 3.63) is 34.4 Å². The molecule has 1 saturated heterocycles. The van der Waals surface area contributed by atoms with Crippen LogP contribution in [0.25, 0.3) is 22.2 Å². The summed E-state index contributed by atoms with van der Waals surface area (Å²) in [6.07, 6.45) is 3.66. The van der Waals surface area contributed by atoms with Gasteiger partial charge in [-0.2, -0.15) is 8.75 Å². The van der Waals surface area contributed by atoms with E-state index < -0.39 is 0 Å². The lowest BCUT2D eigenvalue weighted by atomic mass is 9.91. The van der Waals surface area contributed by atoms with Gasteiger partial charge in [0.1, 0.15) is 11.0 Å². The smallest absolute Gasteiger partial charge is 0.157 e. The van der Waals surface area contributed by atoms with Gasteiger partial charge in [0.2, 0.25) is 0 Å². The second-order valence-electron chi connectivity index (χ2n) is 6.70. The maximum Gasteiger partial charge on any atom is 0.157 e. The minimum absolute atomic E-state index is 0.107. The first-order valence-corrected chi connectivity index (χ1v) is 9.54. The van der Waals surface area contributed by atoms with E-state index in [1.807, 2.05) is 18.3 Å². The molecule has 1 aliphatic heterocycles. The zero-order valence-electron chi connectivity index (χ0n) is 13.7. The molecule has 130 valence electrons. The summed E-state index contributed by atoms with van der Waals surface area (Å²) in [5.74, 6) is 0.862. The van der Waals surface area contributed by atoms with Crippen molar-refractivity contribution in [3.63, 3.8) is 0 Å². The summed E-state index contributed by atoms with van der Waals surface area (Å²) >= 11 is 13.7. The van der Waals surface area contributed by atoms with Crippen LogP contribution in [0, 0.1) is 0 Å². The van der Waals surface area contributed by atoms with E-state index in [1.54, 1.807) is 6.07 Å². The van der Waals surface area contributed by atoms with Crippen LogP contribution in [-0.4, -0.2) is 32.4 Å². The molecule has 0 aliphatic carbocycles. The number of anilines is 1. The first kappa shape index (κ1) is 17.0. The highest BCUT2D eigenvalue weighted by molar-refractivity contribution is 7.00. The number of pyridine rings is 1. The van der Waals surface area contributed by atoms with Crippen molar-refractivity contribution in [2.75, 3.05) is 18.0 Å². The minimum Gasteiger partial charge on any atom is -0.355 e. The predicted octanol–water partition coefficient (Wildman–Crippen LogP) is 4.38. The Labute approximate surface area is 160 Å². The largest absolute Gasteiger partial charge is 0.355 e. The van der Waals surface area contributed by atoms with Crippen LogP contribution >= 0.6 is 34.9 Å². The van der Waals surface area contributed by atoms with Gasteiger partial charge in [-0.05, 0) is 25.8 Å². The van der Waals surface area contributed by atoms with E-state index in [4.69, 9.17) is 28.9 Å². The first-order valence-electron chi connectivity index (χ1n) is 8.06. The van der Waals surface area contributed by atoms with Crippen molar-refractivity contribution in [3.8, 4) is 11.1 Å². The Balaban J connectivity index is 1.79. The molecule has 5 nitrogen and oxygen atoms in total. The van der Waals surface area contributed by atoms with Crippen LogP contribution in [0.4, 0.5) is 5.82 Å². The number of aromatic nitrogens is 3. The summed E-state index contributed by atoms with van der Waals surface area (Å²) in [5.41, 5.74) is 9.41. The lowest BCUT2D eigenvalue weighted by molar-refractivity contribution is 0.363. The number of nitrogens with two attached hydrogens (primary N) is 1. The second kappa shape index (κ2) is 6.36. The highest BCUT2D eigenvalue weighted by Crippen LogP contribution is 2.38. The molecule has 0 atom stereocenters. The lowest BCUT2D eigenvalue weighted by Crippen LogP contribution is -2.48. The van der Waals surface area contributed by atoms with Crippen LogP contribution in [0.3, 0.4) is 0 Å². The van der Waals surface area contributed by atoms with Crippen LogP contribution in [-0.2, 0) is 0 Å². The van der Waals surface area contributed by atoms with Gasteiger partial charge in [-0.1, -0.05) is 35.3 Å². The number of hydrogen-bond donors (Lipinski definition) is 1. The van der Waals surface area contributed by atoms with Crippen molar-refractivity contribution < 1.29 is 0 Å². The van der Waals surface area contributed by atoms with Crippen molar-refractivity contribution in [2.24, 2.45) is 5.73 Å². The third kappa shape index (κ3) is 3.08. The average Bonchev–Trinajstić information content (AvgIpc) is 3.07. The van der Waals surface area contributed by atoms with Gasteiger partial charge in [0.25, 0.3) is 0 Å². The maximum atomic E-state index is 6.39. The Morgan fingerprint density at radius 1 is 1.12 bits per heavy atom. The Morgan fingerprint density at radius 2 is 1.84 bits per heavy atom. The molecule has 0 bridgehead atoms. The zero-order chi connectivity index (χ0) is 17.6. The second-order valence-corrected chi connectivity index (χ2v) is 8.01. The number of nitrogens with zero attached hydrogens (tertiary/aromatic N) is 4. The van der Waals surface area contributed by atoms with E-state index in [2.05, 4.69) is 25.6 Å². The Morgan fingerprint density at radius 3 is 2.60 bits per heavy atom. The zero-order valence-corrected chi connectivity index (χ0v) is 16.0. The number of hydrogen-bond acceptors (Lipinski definition) is 6. The molecule has 1 fully saturated rings. The molecule has 0 amide bonds. The van der Waals surface area contributed by atoms with Gasteiger partial charge in [0, 0.05) is 36.0 Å². The topological polar surface area (TPSA) is 67.9 Å². The Kier molecular flexibility index (Phi) is 4.32. The molecular formula is C17H17Cl2N5S. The molecule has 0 radical (unpaired) electrons. The molecule has 3 aromatic rings. The van der Waals surface area contributed by atoms with Gasteiger partial charge >= 0.3 is 0 Å². The van der Waals surface area contributed by atoms with Gasteiger partial charge < -0.3 is 10.6 Å². The third-order valence-corrected chi connectivity index (χ3v) is 6.07. The Hall–Kier alpha value is -1.47. The maximum absolute atomic E-state index is 6.39. The minimum atomic E-state index is -0.107. The van der Waals surface area contributed by atoms with Crippen LogP contribution < -0.4 is 10.6 Å². The number of benzene rings is 1. The van der Waals surface area contributed by atoms with E-state index in [-0.39, 0.29) is 5.54 Å². The molecule has 8 heteroatoms. The summed E-state index contributed by atoms with van der Waals surface area (Å²) in [4.78, 5) is 6.92. The third-order valence-electron chi connectivity index (χ3n) is 4.72. The fourth-order valence-electron chi connectivity index (χ4n) is 3.13. The fraction of sp³-hybridized carbons (Fsp3) is 0.353. The lowest BCUT2D eigenvalue weighted by Gasteiger charge is -2.37. The summed E-state index contributed by atoms with van der Waals surface area (Å²) in [7, 11) is 0. The van der Waals surface area contributed by atoms with Gasteiger partial charge in [-0.25, -0.2) is 4.98 Å². The molecule has 3 heterocycles. The van der Waals surface area contributed by atoms with Crippen molar-refractivity contribution in [1.29, 1.82) is 0 Å². The number of rotatable bonds is 2. The molecule has 0 unspecified atom stereocenters. The highest BCUT2D eigenvalue weighted by atomic mass is 35.5. The van der Waals surface area contributed by atoms with Crippen LogP contribution in [0.1, 0.15) is 19.8 Å². The molecule has 1 aromatic carbocycles. The average molecular weight is 394 g/mol. The van der Waals surface area contributed by atoms with E-state index in [9.17, 15) is 0 Å². The molecule has 1 aliphatic rings. The van der Waals surface area contributed by atoms with Gasteiger partial charge in [0.15, 0.2) is 5.82 Å². The predicted molar refractivity (Wildman–Crippen MR) is 105 cm³/mol. The number of piperidine rings is 1. The molecule has 2 aromatic heterocycles. The molecule has 0 saturated carbocycles. The number of fused-ring (bicyclic) bond motifs is 1. The molecule has 0 spiro atoms. The van der Waals surface area contributed by atoms with E-state index in [1.165, 1.54) is 11.7 Å². The molecule has 2 N–H and O–H groups in total. The van der Waals surface area contributed by atoms with Crippen LogP contribution in [0.5, 0.6) is 0 Å². The monoisotopic (exact) mass is 393 g/mol. The quantitative estimate of drug-likeness (QED) is 0.699. The summed E-state index contributed by atoms with van der Waals surface area (Å²) in [5, 5.41) is 1.02. The van der Waals surface area contributed by atoms with Crippen LogP contribution in [0.15, 0.2) is 24.4 Å². The normalized spacial score (nSPS) is 17.2. The summed E-state index contributed by atoms with van der Waals surface area (Å²) < 4.78 is 8.97. The SMILES string of the molecule is CC1(N)CCN(c2ncc(-c3cccc(Cl)c3Cl)c3nsnc23)CC1. The van der Waals surface area contributed by atoms with Crippen LogP contribution in [0.2, 0.25) is 10.0 Å². The first-order chi connectivity index (χ1) is 12.0. The highest BCUT2D eigenvalue weighted by Gasteiger charge is 2.28. The summed E-state index contributed by atoms with van der Waals surface area (Å²) in [6, 6.07) is 5.56. The van der Waals surface area contributed by atoms with Crippen molar-refractivity contribution in [1.82, 2.24) is 13.7 Å². The van der Waals surface area contributed by atoms with Crippen molar-refractivity contribution in [2.45, 2.75) is 25.3 Å². The van der Waals surface area contributed by atoms with Crippen molar-refractivity contribution >= 4 is 51.8 Å². The number of halogens is 2. The van der Waals surface area contributed by atoms with E-state index >= 15 is 0 Å². The summed E-state index contributed by atoms with van der Waals surface area (Å²) in [6.45, 7) is 3.83. The van der Waals surface area contributed by atoms with Gasteiger partial charge in [-0.3, -0.25) is 0 Å². The standard InChI is InChI=1S/C17H17Cl2N5S/c1-17(20)5-7-24(8-6-17)16-15-14(22-25-23-15)11(9-21-16)10-3-2-4-12(18)13(10)19/h2-4,9H,5-8,20H2,1H3. The fourth-order valence-corrected chi connectivity index (χ4v) is 4.09. The van der Waals surface area contributed by atoms with E-state index in [0.29, 0.717) is 10.0 Å². The molecule has 4 rings (SSSR count). The van der Waals surface area contributed by atoms with E-state index in [0.717, 1.165) is 53.9 Å². The van der Waals surface area contributed by atoms with Gasteiger partial charge in [-0.15, -0.1) is 0 Å². The molecule has 25 heavy (non-hydrogen) atoms.